The van der Waals surface area contributed by atoms with Crippen molar-refractivity contribution in [2.75, 3.05) is 5.32 Å². The number of carbonyl (C=O) groups excluding carboxylic acids is 2. The molecule has 36 heavy (non-hydrogen) atoms. The predicted octanol–water partition coefficient (Wildman–Crippen LogP) is 3.78. The van der Waals surface area contributed by atoms with Gasteiger partial charge in [-0.05, 0) is 24.1 Å². The molecule has 1 N–H and O–H groups in total. The van der Waals surface area contributed by atoms with E-state index in [2.05, 4.69) is 36.5 Å². The van der Waals surface area contributed by atoms with Crippen molar-refractivity contribution in [1.29, 1.82) is 0 Å². The summed E-state index contributed by atoms with van der Waals surface area (Å²) >= 11 is 1.06. The first kappa shape index (κ1) is 26.7. The number of alkyl halides is 4. The third-order valence-corrected chi connectivity index (χ3v) is 5.49. The molecule has 0 radical (unpaired) electrons. The Balaban J connectivity index is 1.44. The second-order valence-corrected chi connectivity index (χ2v) is 8.57. The maximum Gasteiger partial charge on any atom is 0.573 e. The molecule has 1 atom stereocenters. The van der Waals surface area contributed by atoms with E-state index in [1.54, 1.807) is 0 Å². The number of amides is 1. The highest BCUT2D eigenvalue weighted by atomic mass is 32.1. The molecule has 0 fully saturated rings. The number of anilines is 1. The number of nitrogens with one attached hydrogen (secondary N) is 1. The zero-order valence-electron chi connectivity index (χ0n) is 18.7. The summed E-state index contributed by atoms with van der Waals surface area (Å²) in [7, 11) is 0. The number of Topliss-reactive ketones (excluding diaryl/α,β-unsaturated/α-hetero) is 1. The fourth-order valence-electron chi connectivity index (χ4n) is 3.01. The first-order valence-electron chi connectivity index (χ1n) is 10.6. The fraction of sp³-hybridized carbons (Fsp3) is 0.364. The predicted molar refractivity (Wildman–Crippen MR) is 121 cm³/mol. The molecule has 2 aromatic heterocycles. The minimum absolute atomic E-state index is 0.0921. The van der Waals surface area contributed by atoms with E-state index >= 15 is 0 Å². The monoisotopic (exact) mass is 524 g/mol. The summed E-state index contributed by atoms with van der Waals surface area (Å²) in [5.74, 6) is 1.16. The number of ketones is 1. The van der Waals surface area contributed by atoms with Crippen molar-refractivity contribution >= 4 is 28.2 Å². The van der Waals surface area contributed by atoms with Crippen LogP contribution in [0.4, 0.5) is 22.7 Å². The molecule has 0 bridgehead atoms. The summed E-state index contributed by atoms with van der Waals surface area (Å²) < 4.78 is 56.5. The van der Waals surface area contributed by atoms with Crippen molar-refractivity contribution < 1.29 is 31.9 Å². The Labute approximate surface area is 206 Å². The van der Waals surface area contributed by atoms with Crippen molar-refractivity contribution in [1.82, 2.24) is 25.2 Å². The molecule has 0 aliphatic rings. The van der Waals surface area contributed by atoms with Crippen LogP contribution >= 0.6 is 11.3 Å². The number of nitrogens with zero attached hydrogens (tertiary/aromatic N) is 5. The fourth-order valence-corrected chi connectivity index (χ4v) is 3.78. The number of hydrogen-bond acceptors (Lipinski definition) is 8. The molecule has 1 unspecified atom stereocenters. The molecule has 14 heteroatoms. The number of hydrogen-bond donors (Lipinski definition) is 1. The smallest absolute Gasteiger partial charge is 0.406 e. The normalized spacial score (nSPS) is 12.1. The number of rotatable bonds is 12. The number of terminal acetylenes is 1. The van der Waals surface area contributed by atoms with E-state index in [9.17, 15) is 27.2 Å². The van der Waals surface area contributed by atoms with Crippen molar-refractivity contribution in [3.8, 4) is 18.1 Å². The van der Waals surface area contributed by atoms with Gasteiger partial charge < -0.3 is 10.1 Å². The van der Waals surface area contributed by atoms with Gasteiger partial charge in [-0.25, -0.2) is 9.07 Å². The van der Waals surface area contributed by atoms with Gasteiger partial charge in [0.15, 0.2) is 5.78 Å². The number of carbonyl (C=O) groups is 2. The Morgan fingerprint density at radius 2 is 2.06 bits per heavy atom. The molecule has 0 saturated heterocycles. The molecular weight excluding hydrogens is 504 g/mol. The van der Waals surface area contributed by atoms with E-state index in [1.165, 1.54) is 23.0 Å². The number of benzene rings is 1. The van der Waals surface area contributed by atoms with Gasteiger partial charge in [0.1, 0.15) is 22.6 Å². The summed E-state index contributed by atoms with van der Waals surface area (Å²) in [4.78, 5) is 24.1. The maximum atomic E-state index is 14.4. The SMILES string of the molecule is C#CCCC(=O)c1cn(CC(F)CCc2nnc(NC(=O)Cc3cccc(OC(F)(F)F)c3)s2)nn1. The first-order chi connectivity index (χ1) is 17.1. The van der Waals surface area contributed by atoms with Crippen molar-refractivity contribution in [2.24, 2.45) is 0 Å². The van der Waals surface area contributed by atoms with Crippen molar-refractivity contribution in [3.63, 3.8) is 0 Å². The highest BCUT2D eigenvalue weighted by molar-refractivity contribution is 7.15. The average molecular weight is 525 g/mol. The van der Waals surface area contributed by atoms with Crippen LogP contribution in [0.3, 0.4) is 0 Å². The molecule has 0 aliphatic carbocycles. The molecule has 0 saturated carbocycles. The van der Waals surface area contributed by atoms with Crippen LogP contribution < -0.4 is 10.1 Å². The lowest BCUT2D eigenvalue weighted by Gasteiger charge is -2.09. The minimum Gasteiger partial charge on any atom is -0.406 e. The van der Waals surface area contributed by atoms with Gasteiger partial charge in [-0.15, -0.1) is 40.8 Å². The molecule has 0 spiro atoms. The molecule has 9 nitrogen and oxygen atoms in total. The third kappa shape index (κ3) is 8.73. The topological polar surface area (TPSA) is 112 Å². The van der Waals surface area contributed by atoms with Gasteiger partial charge in [-0.3, -0.25) is 9.59 Å². The van der Waals surface area contributed by atoms with E-state index in [-0.39, 0.29) is 55.3 Å². The lowest BCUT2D eigenvalue weighted by Crippen LogP contribution is -2.17. The van der Waals surface area contributed by atoms with Gasteiger partial charge in [0.05, 0.1) is 19.2 Å². The standard InChI is InChI=1S/C22H20F4N6O3S/c1-2-3-7-18(33)17-13-32(31-28-17)12-15(23)8-9-20-29-30-21(36-20)27-19(34)11-14-5-4-6-16(10-14)35-22(24,25)26/h1,4-6,10,13,15H,3,7-9,11-12H2,(H,27,30,34). The lowest BCUT2D eigenvalue weighted by molar-refractivity contribution is -0.274. The van der Waals surface area contributed by atoms with Gasteiger partial charge >= 0.3 is 6.36 Å². The quantitative estimate of drug-likeness (QED) is 0.218. The van der Waals surface area contributed by atoms with E-state index in [4.69, 9.17) is 6.42 Å². The largest absolute Gasteiger partial charge is 0.573 e. The highest BCUT2D eigenvalue weighted by Gasteiger charge is 2.31. The van der Waals surface area contributed by atoms with Crippen LogP contribution in [0, 0.1) is 12.3 Å². The Kier molecular flexibility index (Phi) is 9.07. The first-order valence-corrected chi connectivity index (χ1v) is 11.4. The summed E-state index contributed by atoms with van der Waals surface area (Å²) in [5.41, 5.74) is 0.440. The molecule has 3 rings (SSSR count). The van der Waals surface area contributed by atoms with Crippen LogP contribution in [0.15, 0.2) is 30.5 Å². The number of aromatic nitrogens is 5. The summed E-state index contributed by atoms with van der Waals surface area (Å²) in [5, 5.41) is 18.4. The van der Waals surface area contributed by atoms with Crippen LogP contribution in [-0.2, 0) is 24.2 Å². The highest BCUT2D eigenvalue weighted by Crippen LogP contribution is 2.24. The average Bonchev–Trinajstić information content (AvgIpc) is 3.44. The Hall–Kier alpha value is -3.86. The Bertz CT molecular complexity index is 1240. The number of halogens is 4. The van der Waals surface area contributed by atoms with Crippen LogP contribution in [-0.4, -0.2) is 49.4 Å². The third-order valence-electron chi connectivity index (χ3n) is 4.59. The van der Waals surface area contributed by atoms with Gasteiger partial charge in [-0.2, -0.15) is 0 Å². The molecule has 1 amide bonds. The van der Waals surface area contributed by atoms with E-state index in [0.29, 0.717) is 10.6 Å². The second kappa shape index (κ2) is 12.2. The van der Waals surface area contributed by atoms with E-state index < -0.39 is 24.2 Å². The summed E-state index contributed by atoms with van der Waals surface area (Å²) in [6.45, 7) is -0.102. The number of aryl methyl sites for hydroxylation is 1. The minimum atomic E-state index is -4.83. The Morgan fingerprint density at radius 3 is 2.81 bits per heavy atom. The molecule has 2 heterocycles. The van der Waals surface area contributed by atoms with Gasteiger partial charge in [0.2, 0.25) is 11.0 Å². The lowest BCUT2D eigenvalue weighted by atomic mass is 10.1. The van der Waals surface area contributed by atoms with Crippen LogP contribution in [0.25, 0.3) is 0 Å². The van der Waals surface area contributed by atoms with Crippen LogP contribution in [0.5, 0.6) is 5.75 Å². The van der Waals surface area contributed by atoms with Crippen LogP contribution in [0.2, 0.25) is 0 Å². The number of ether oxygens (including phenoxy) is 1. The zero-order chi connectivity index (χ0) is 26.1. The molecule has 1 aromatic carbocycles. The van der Waals surface area contributed by atoms with Gasteiger partial charge in [0, 0.05) is 19.3 Å². The molecule has 0 aliphatic heterocycles. The Morgan fingerprint density at radius 1 is 1.25 bits per heavy atom. The van der Waals surface area contributed by atoms with Gasteiger partial charge in [0.25, 0.3) is 0 Å². The van der Waals surface area contributed by atoms with Crippen molar-refractivity contribution in [3.05, 3.63) is 46.7 Å². The van der Waals surface area contributed by atoms with Crippen molar-refractivity contribution in [2.45, 2.75) is 51.2 Å². The zero-order valence-corrected chi connectivity index (χ0v) is 19.5. The molecule has 190 valence electrons. The summed E-state index contributed by atoms with van der Waals surface area (Å²) in [6, 6.07) is 5.08. The van der Waals surface area contributed by atoms with E-state index in [1.807, 2.05) is 0 Å². The second-order valence-electron chi connectivity index (χ2n) is 7.51. The maximum absolute atomic E-state index is 14.4. The van der Waals surface area contributed by atoms with Gasteiger partial charge in [-0.1, -0.05) is 28.7 Å². The van der Waals surface area contributed by atoms with Crippen LogP contribution in [0.1, 0.15) is 40.3 Å². The summed E-state index contributed by atoms with van der Waals surface area (Å²) in [6.07, 6.45) is 0.924. The van der Waals surface area contributed by atoms with E-state index in [0.717, 1.165) is 23.5 Å². The molecular formula is C22H20F4N6O3S. The molecule has 3 aromatic rings.